The lowest BCUT2D eigenvalue weighted by Crippen LogP contribution is -2.53. The number of nitrogens with one attached hydrogen (secondary N) is 3. The maximum atomic E-state index is 12.7. The lowest BCUT2D eigenvalue weighted by molar-refractivity contribution is -0.123. The van der Waals surface area contributed by atoms with Gasteiger partial charge in [0.1, 0.15) is 6.04 Å². The molecule has 148 valence electrons. The highest BCUT2D eigenvalue weighted by Crippen LogP contribution is 2.10. The van der Waals surface area contributed by atoms with Crippen molar-refractivity contribution >= 4 is 29.1 Å². The predicted octanol–water partition coefficient (Wildman–Crippen LogP) is 2.86. The van der Waals surface area contributed by atoms with Gasteiger partial charge in [0.2, 0.25) is 0 Å². The second-order valence-corrected chi connectivity index (χ2v) is 7.40. The minimum absolute atomic E-state index is 0.296. The van der Waals surface area contributed by atoms with Crippen LogP contribution in [0.15, 0.2) is 72.1 Å². The Hall–Kier alpha value is -3.45. The van der Waals surface area contributed by atoms with Crippen LogP contribution in [-0.2, 0) is 11.2 Å². The lowest BCUT2D eigenvalue weighted by Gasteiger charge is -2.19. The van der Waals surface area contributed by atoms with Crippen molar-refractivity contribution in [3.8, 4) is 0 Å². The van der Waals surface area contributed by atoms with Gasteiger partial charge in [0.05, 0.1) is 4.88 Å². The summed E-state index contributed by atoms with van der Waals surface area (Å²) in [6.45, 7) is 1.82. The van der Waals surface area contributed by atoms with Gasteiger partial charge in [-0.2, -0.15) is 0 Å². The fourth-order valence-corrected chi connectivity index (χ4v) is 3.42. The molecule has 29 heavy (non-hydrogen) atoms. The molecule has 0 unspecified atom stereocenters. The molecule has 0 bridgehead atoms. The van der Waals surface area contributed by atoms with E-state index in [0.717, 1.165) is 11.1 Å². The van der Waals surface area contributed by atoms with Gasteiger partial charge in [-0.15, -0.1) is 11.3 Å². The molecule has 6 nitrogen and oxygen atoms in total. The van der Waals surface area contributed by atoms with E-state index in [1.807, 2.05) is 49.4 Å². The number of benzene rings is 2. The van der Waals surface area contributed by atoms with E-state index in [9.17, 15) is 14.4 Å². The zero-order chi connectivity index (χ0) is 20.6. The van der Waals surface area contributed by atoms with Gasteiger partial charge >= 0.3 is 0 Å². The summed E-state index contributed by atoms with van der Waals surface area (Å²) >= 11 is 1.29. The molecule has 0 aliphatic carbocycles. The highest BCUT2D eigenvalue weighted by Gasteiger charge is 2.23. The molecule has 3 aromatic rings. The monoisotopic (exact) mass is 407 g/mol. The Morgan fingerprint density at radius 2 is 1.59 bits per heavy atom. The number of carbonyl (C=O) groups excluding carboxylic acids is 3. The SMILES string of the molecule is Cc1ccccc1C(=O)NNC(=O)[C@H](Cc1ccccc1)NC(=O)c1cccs1. The van der Waals surface area contributed by atoms with Crippen LogP contribution >= 0.6 is 11.3 Å². The normalized spacial score (nSPS) is 11.3. The summed E-state index contributed by atoms with van der Waals surface area (Å²) in [7, 11) is 0. The smallest absolute Gasteiger partial charge is 0.269 e. The molecule has 1 heterocycles. The predicted molar refractivity (Wildman–Crippen MR) is 113 cm³/mol. The van der Waals surface area contributed by atoms with Gasteiger partial charge in [0.25, 0.3) is 17.7 Å². The van der Waals surface area contributed by atoms with Crippen molar-refractivity contribution in [3.05, 3.63) is 93.7 Å². The van der Waals surface area contributed by atoms with E-state index in [1.54, 1.807) is 29.6 Å². The Kier molecular flexibility index (Phi) is 6.76. The number of hydrogen-bond acceptors (Lipinski definition) is 4. The molecule has 0 spiro atoms. The van der Waals surface area contributed by atoms with Gasteiger partial charge in [-0.25, -0.2) is 0 Å². The molecular weight excluding hydrogens is 386 g/mol. The van der Waals surface area contributed by atoms with Crippen molar-refractivity contribution in [1.29, 1.82) is 0 Å². The minimum atomic E-state index is -0.843. The summed E-state index contributed by atoms with van der Waals surface area (Å²) in [6, 6.07) is 19.1. The highest BCUT2D eigenvalue weighted by atomic mass is 32.1. The van der Waals surface area contributed by atoms with Gasteiger partial charge in [-0.1, -0.05) is 54.6 Å². The van der Waals surface area contributed by atoms with Crippen LogP contribution in [0.2, 0.25) is 0 Å². The van der Waals surface area contributed by atoms with Gasteiger partial charge < -0.3 is 5.32 Å². The third-order valence-electron chi connectivity index (χ3n) is 4.34. The minimum Gasteiger partial charge on any atom is -0.339 e. The van der Waals surface area contributed by atoms with Crippen molar-refractivity contribution in [2.75, 3.05) is 0 Å². The van der Waals surface area contributed by atoms with Gasteiger partial charge in [0.15, 0.2) is 0 Å². The number of amides is 3. The van der Waals surface area contributed by atoms with Crippen LogP contribution in [-0.4, -0.2) is 23.8 Å². The molecule has 1 aromatic heterocycles. The van der Waals surface area contributed by atoms with Crippen LogP contribution in [0, 0.1) is 6.92 Å². The van der Waals surface area contributed by atoms with Gasteiger partial charge in [-0.05, 0) is 35.6 Å². The zero-order valence-corrected chi connectivity index (χ0v) is 16.7. The standard InChI is InChI=1S/C22H21N3O3S/c1-15-8-5-6-11-17(15)20(26)24-25-21(27)18(14-16-9-3-2-4-10-16)23-22(28)19-12-7-13-29-19/h2-13,18H,14H2,1H3,(H,23,28)(H,24,26)(H,25,27)/t18-/m0/s1. The molecule has 1 atom stereocenters. The quantitative estimate of drug-likeness (QED) is 0.549. The number of rotatable bonds is 6. The van der Waals surface area contributed by atoms with Crippen molar-refractivity contribution in [1.82, 2.24) is 16.2 Å². The van der Waals surface area contributed by atoms with Crippen LogP contribution in [0.4, 0.5) is 0 Å². The average Bonchev–Trinajstić information content (AvgIpc) is 3.27. The maximum Gasteiger partial charge on any atom is 0.269 e. The molecular formula is C22H21N3O3S. The molecule has 3 N–H and O–H groups in total. The van der Waals surface area contributed by atoms with E-state index in [-0.39, 0.29) is 5.91 Å². The van der Waals surface area contributed by atoms with Crippen molar-refractivity contribution < 1.29 is 14.4 Å². The van der Waals surface area contributed by atoms with Crippen LogP contribution < -0.4 is 16.2 Å². The first-order valence-electron chi connectivity index (χ1n) is 9.08. The molecule has 0 radical (unpaired) electrons. The fourth-order valence-electron chi connectivity index (χ4n) is 2.80. The molecule has 0 aliphatic heterocycles. The second-order valence-electron chi connectivity index (χ2n) is 6.45. The molecule has 0 saturated heterocycles. The van der Waals surface area contributed by atoms with E-state index in [0.29, 0.717) is 16.9 Å². The van der Waals surface area contributed by atoms with E-state index in [4.69, 9.17) is 0 Å². The maximum absolute atomic E-state index is 12.7. The molecule has 0 saturated carbocycles. The van der Waals surface area contributed by atoms with E-state index < -0.39 is 17.9 Å². The second kappa shape index (κ2) is 9.66. The molecule has 0 aliphatic rings. The van der Waals surface area contributed by atoms with E-state index in [2.05, 4.69) is 16.2 Å². The summed E-state index contributed by atoms with van der Waals surface area (Å²) in [5, 5.41) is 4.55. The van der Waals surface area contributed by atoms with Crippen molar-refractivity contribution in [2.45, 2.75) is 19.4 Å². The van der Waals surface area contributed by atoms with Crippen LogP contribution in [0.3, 0.4) is 0 Å². The summed E-state index contributed by atoms with van der Waals surface area (Å²) in [5.41, 5.74) is 7.01. The third-order valence-corrected chi connectivity index (χ3v) is 5.21. The molecule has 3 rings (SSSR count). The van der Waals surface area contributed by atoms with E-state index >= 15 is 0 Å². The first-order chi connectivity index (χ1) is 14.0. The number of carbonyl (C=O) groups is 3. The Balaban J connectivity index is 1.68. The summed E-state index contributed by atoms with van der Waals surface area (Å²) < 4.78 is 0. The lowest BCUT2D eigenvalue weighted by atomic mass is 10.1. The number of thiophene rings is 1. The highest BCUT2D eigenvalue weighted by molar-refractivity contribution is 7.12. The van der Waals surface area contributed by atoms with Gasteiger partial charge in [-0.3, -0.25) is 25.2 Å². The van der Waals surface area contributed by atoms with Crippen LogP contribution in [0.25, 0.3) is 0 Å². The summed E-state index contributed by atoms with van der Waals surface area (Å²) in [6.07, 6.45) is 0.296. The number of hydrogen-bond donors (Lipinski definition) is 3. The largest absolute Gasteiger partial charge is 0.339 e. The Labute approximate surface area is 172 Å². The molecule has 0 fully saturated rings. The van der Waals surface area contributed by atoms with Gasteiger partial charge in [0, 0.05) is 12.0 Å². The first kappa shape index (κ1) is 20.3. The topological polar surface area (TPSA) is 87.3 Å². The molecule has 7 heteroatoms. The van der Waals surface area contributed by atoms with Crippen LogP contribution in [0.5, 0.6) is 0 Å². The molecule has 3 amide bonds. The first-order valence-corrected chi connectivity index (χ1v) is 9.96. The summed E-state index contributed by atoms with van der Waals surface area (Å²) in [4.78, 5) is 38.0. The van der Waals surface area contributed by atoms with E-state index in [1.165, 1.54) is 11.3 Å². The van der Waals surface area contributed by atoms with Crippen LogP contribution in [0.1, 0.15) is 31.2 Å². The fraction of sp³-hybridized carbons (Fsp3) is 0.136. The number of hydrazine groups is 1. The number of aryl methyl sites for hydroxylation is 1. The molecule has 2 aromatic carbocycles. The third kappa shape index (κ3) is 5.52. The zero-order valence-electron chi connectivity index (χ0n) is 15.8. The Morgan fingerprint density at radius 1 is 0.862 bits per heavy atom. The Morgan fingerprint density at radius 3 is 2.28 bits per heavy atom. The Bertz CT molecular complexity index is 988. The van der Waals surface area contributed by atoms with Crippen molar-refractivity contribution in [3.63, 3.8) is 0 Å². The average molecular weight is 407 g/mol. The summed E-state index contributed by atoms with van der Waals surface area (Å²) in [5.74, 6) is -1.25. The van der Waals surface area contributed by atoms with Crippen molar-refractivity contribution in [2.24, 2.45) is 0 Å².